The van der Waals surface area contributed by atoms with Gasteiger partial charge in [-0.05, 0) is 35.0 Å². The van der Waals surface area contributed by atoms with Crippen LogP contribution in [0, 0.1) is 5.92 Å². The first-order valence-electron chi connectivity index (χ1n) is 7.46. The average Bonchev–Trinajstić information content (AvgIpc) is 2.54. The topological polar surface area (TPSA) is 20.3 Å². The second kappa shape index (κ2) is 6.82. The first kappa shape index (κ1) is 16.8. The van der Waals surface area contributed by atoms with Gasteiger partial charge < -0.3 is 0 Å². The Hall–Kier alpha value is -1.06. The van der Waals surface area contributed by atoms with Gasteiger partial charge in [0.2, 0.25) is 0 Å². The zero-order valence-electron chi connectivity index (χ0n) is 12.5. The van der Waals surface area contributed by atoms with Gasteiger partial charge in [0.05, 0.1) is 12.1 Å². The summed E-state index contributed by atoms with van der Waals surface area (Å²) in [5, 5.41) is 1.23. The molecule has 0 N–H and O–H groups in total. The molecular formula is C18H16Cl3NO. The van der Waals surface area contributed by atoms with E-state index in [1.807, 2.05) is 55.5 Å². The second-order valence-corrected chi connectivity index (χ2v) is 7.01. The molecule has 2 nitrogen and oxygen atoms in total. The number of hydrogen-bond acceptors (Lipinski definition) is 2. The summed E-state index contributed by atoms with van der Waals surface area (Å²) in [7, 11) is 0. The third kappa shape index (κ3) is 3.14. The summed E-state index contributed by atoms with van der Waals surface area (Å²) >= 11 is 19.3. The van der Waals surface area contributed by atoms with Crippen molar-refractivity contribution >= 4 is 40.8 Å². The Morgan fingerprint density at radius 3 is 2.04 bits per heavy atom. The van der Waals surface area contributed by atoms with Gasteiger partial charge in [0.1, 0.15) is 5.78 Å². The van der Waals surface area contributed by atoms with Crippen molar-refractivity contribution in [1.82, 2.24) is 4.42 Å². The summed E-state index contributed by atoms with van der Waals surface area (Å²) < 4.78 is 1.70. The van der Waals surface area contributed by atoms with Gasteiger partial charge in [0.15, 0.2) is 0 Å². The number of hydrogen-bond donors (Lipinski definition) is 0. The van der Waals surface area contributed by atoms with Gasteiger partial charge in [-0.3, -0.25) is 4.79 Å². The smallest absolute Gasteiger partial charge is 0.139 e. The minimum Gasteiger partial charge on any atom is -0.299 e. The Balaban J connectivity index is 2.05. The van der Waals surface area contributed by atoms with Crippen LogP contribution in [0.1, 0.15) is 36.6 Å². The highest BCUT2D eigenvalue weighted by Gasteiger charge is 2.42. The van der Waals surface area contributed by atoms with Crippen LogP contribution in [-0.2, 0) is 4.79 Å². The van der Waals surface area contributed by atoms with Gasteiger partial charge in [-0.2, -0.15) is 0 Å². The Morgan fingerprint density at radius 2 is 1.48 bits per heavy atom. The van der Waals surface area contributed by atoms with Crippen LogP contribution >= 0.6 is 35.0 Å². The van der Waals surface area contributed by atoms with Crippen molar-refractivity contribution in [2.24, 2.45) is 5.92 Å². The van der Waals surface area contributed by atoms with Gasteiger partial charge in [0, 0.05) is 22.4 Å². The molecule has 23 heavy (non-hydrogen) atoms. The predicted octanol–water partition coefficient (Wildman–Crippen LogP) is 5.84. The molecule has 2 aromatic rings. The maximum atomic E-state index is 12.6. The number of nitrogens with zero attached hydrogens (tertiary/aromatic N) is 1. The number of ketones is 1. The minimum absolute atomic E-state index is 0.164. The molecule has 1 saturated heterocycles. The molecule has 1 heterocycles. The zero-order valence-corrected chi connectivity index (χ0v) is 14.8. The molecule has 1 aliphatic heterocycles. The van der Waals surface area contributed by atoms with E-state index in [1.165, 1.54) is 0 Å². The first-order chi connectivity index (χ1) is 11.0. The standard InChI is InChI=1S/C18H16Cl3NO/c1-11-17(23)10-16(12-6-2-4-8-14(12)19)22(21)18(11)13-7-3-5-9-15(13)20/h2-9,11,16,18H,10H2,1H3. The molecule has 3 unspecified atom stereocenters. The molecule has 3 rings (SSSR count). The molecule has 0 spiro atoms. The van der Waals surface area contributed by atoms with Crippen LogP contribution in [0.5, 0.6) is 0 Å². The van der Waals surface area contributed by atoms with Gasteiger partial charge in [-0.1, -0.05) is 66.5 Å². The lowest BCUT2D eigenvalue weighted by Crippen LogP contribution is -2.40. The fourth-order valence-corrected chi connectivity index (χ4v) is 4.11. The van der Waals surface area contributed by atoms with E-state index in [4.69, 9.17) is 35.0 Å². The lowest BCUT2D eigenvalue weighted by Gasteiger charge is -2.41. The molecule has 0 aliphatic carbocycles. The van der Waals surface area contributed by atoms with Crippen LogP contribution in [0.2, 0.25) is 10.0 Å². The van der Waals surface area contributed by atoms with Crippen LogP contribution in [0.4, 0.5) is 0 Å². The molecule has 2 aromatic carbocycles. The first-order valence-corrected chi connectivity index (χ1v) is 8.55. The van der Waals surface area contributed by atoms with E-state index in [-0.39, 0.29) is 23.8 Å². The molecule has 0 bridgehead atoms. The highest BCUT2D eigenvalue weighted by molar-refractivity contribution is 6.32. The summed E-state index contributed by atoms with van der Waals surface area (Å²) in [5.41, 5.74) is 1.73. The van der Waals surface area contributed by atoms with Crippen LogP contribution in [0.15, 0.2) is 48.5 Å². The van der Waals surface area contributed by atoms with Gasteiger partial charge in [-0.25, -0.2) is 4.42 Å². The SMILES string of the molecule is CC1C(=O)CC(c2ccccc2Cl)N(Cl)C1c1ccccc1Cl. The Kier molecular flexibility index (Phi) is 4.98. The minimum atomic E-state index is -0.284. The van der Waals surface area contributed by atoms with Crippen LogP contribution < -0.4 is 0 Å². The predicted molar refractivity (Wildman–Crippen MR) is 94.9 cm³/mol. The van der Waals surface area contributed by atoms with Crippen molar-refractivity contribution in [3.63, 3.8) is 0 Å². The zero-order chi connectivity index (χ0) is 16.6. The quantitative estimate of drug-likeness (QED) is 0.621. The van der Waals surface area contributed by atoms with Gasteiger partial charge >= 0.3 is 0 Å². The number of carbonyl (C=O) groups is 1. The number of rotatable bonds is 2. The van der Waals surface area contributed by atoms with E-state index in [9.17, 15) is 4.79 Å². The molecule has 1 fully saturated rings. The summed E-state index contributed by atoms with van der Waals surface area (Å²) in [6, 6.07) is 14.4. The average molecular weight is 369 g/mol. The number of Topliss-reactive ketones (excluding diaryl/α,β-unsaturated/α-hetero) is 1. The van der Waals surface area contributed by atoms with Crippen molar-refractivity contribution in [3.05, 3.63) is 69.7 Å². The highest BCUT2D eigenvalue weighted by Crippen LogP contribution is 2.47. The lowest BCUT2D eigenvalue weighted by molar-refractivity contribution is -0.128. The molecule has 0 aromatic heterocycles. The maximum Gasteiger partial charge on any atom is 0.139 e. The summed E-state index contributed by atoms with van der Waals surface area (Å²) in [4.78, 5) is 12.6. The van der Waals surface area contributed by atoms with Gasteiger partial charge in [0.25, 0.3) is 0 Å². The molecule has 120 valence electrons. The fourth-order valence-electron chi connectivity index (χ4n) is 3.15. The lowest BCUT2D eigenvalue weighted by atomic mass is 9.82. The van der Waals surface area contributed by atoms with E-state index < -0.39 is 0 Å². The van der Waals surface area contributed by atoms with Crippen molar-refractivity contribution in [3.8, 4) is 0 Å². The molecule has 0 amide bonds. The Bertz CT molecular complexity index is 734. The number of piperidine rings is 1. The summed E-state index contributed by atoms with van der Waals surface area (Å²) in [5.74, 6) is -0.0668. The normalized spacial score (nSPS) is 25.6. The Morgan fingerprint density at radius 1 is 0.957 bits per heavy atom. The molecule has 0 radical (unpaired) electrons. The number of carbonyl (C=O) groups excluding carboxylic acids is 1. The van der Waals surface area contributed by atoms with Crippen molar-refractivity contribution in [1.29, 1.82) is 0 Å². The monoisotopic (exact) mass is 367 g/mol. The third-order valence-corrected chi connectivity index (χ3v) is 5.56. The summed E-state index contributed by atoms with van der Waals surface area (Å²) in [6.07, 6.45) is 0.343. The van der Waals surface area contributed by atoms with E-state index in [0.29, 0.717) is 16.5 Å². The van der Waals surface area contributed by atoms with Crippen molar-refractivity contribution in [2.45, 2.75) is 25.4 Å². The third-order valence-electron chi connectivity index (χ3n) is 4.43. The maximum absolute atomic E-state index is 12.6. The van der Waals surface area contributed by atoms with E-state index in [1.54, 1.807) is 4.42 Å². The van der Waals surface area contributed by atoms with Crippen LogP contribution in [0.25, 0.3) is 0 Å². The molecule has 1 aliphatic rings. The fraction of sp³-hybridized carbons (Fsp3) is 0.278. The van der Waals surface area contributed by atoms with E-state index in [0.717, 1.165) is 11.1 Å². The van der Waals surface area contributed by atoms with Crippen molar-refractivity contribution in [2.75, 3.05) is 0 Å². The molecule has 0 saturated carbocycles. The van der Waals surface area contributed by atoms with E-state index in [2.05, 4.69) is 0 Å². The van der Waals surface area contributed by atoms with Crippen LogP contribution in [0.3, 0.4) is 0 Å². The van der Waals surface area contributed by atoms with Crippen LogP contribution in [-0.4, -0.2) is 10.2 Å². The van der Waals surface area contributed by atoms with Gasteiger partial charge in [-0.15, -0.1) is 0 Å². The van der Waals surface area contributed by atoms with E-state index >= 15 is 0 Å². The highest BCUT2D eigenvalue weighted by atomic mass is 35.5. The molecular weight excluding hydrogens is 353 g/mol. The molecule has 3 atom stereocenters. The molecule has 5 heteroatoms. The van der Waals surface area contributed by atoms with Crippen molar-refractivity contribution < 1.29 is 4.79 Å². The Labute approximate surface area is 151 Å². The summed E-state index contributed by atoms with van der Waals surface area (Å²) in [6.45, 7) is 1.90. The number of halogens is 3. The second-order valence-electron chi connectivity index (χ2n) is 5.81. The largest absolute Gasteiger partial charge is 0.299 e. The number of benzene rings is 2.